The number of anilines is 2. The van der Waals surface area contributed by atoms with E-state index in [0.29, 0.717) is 22.1 Å². The van der Waals surface area contributed by atoms with Crippen LogP contribution < -0.4 is 10.6 Å². The molecule has 0 aliphatic rings. The van der Waals surface area contributed by atoms with E-state index < -0.39 is 0 Å². The van der Waals surface area contributed by atoms with E-state index in [9.17, 15) is 14.0 Å². The Bertz CT molecular complexity index is 950. The van der Waals surface area contributed by atoms with E-state index in [-0.39, 0.29) is 17.6 Å². The van der Waals surface area contributed by atoms with Gasteiger partial charge in [-0.05, 0) is 55.5 Å². The molecule has 0 aliphatic heterocycles. The van der Waals surface area contributed by atoms with Gasteiger partial charge in [0.15, 0.2) is 0 Å². The highest BCUT2D eigenvalue weighted by atomic mass is 32.1. The Morgan fingerprint density at radius 3 is 2.15 bits per heavy atom. The SMILES string of the molecule is CC(=O)Nc1ccc(-c2nc(C(=O)Nc3ccc(F)cc3)c(C)s2)cc1. The average Bonchev–Trinajstić information content (AvgIpc) is 2.99. The molecule has 3 aromatic rings. The molecule has 0 radical (unpaired) electrons. The molecular formula is C19H16FN3O2S. The smallest absolute Gasteiger partial charge is 0.275 e. The number of nitrogens with zero attached hydrogens (tertiary/aromatic N) is 1. The minimum absolute atomic E-state index is 0.136. The van der Waals surface area contributed by atoms with Crippen molar-refractivity contribution in [1.82, 2.24) is 4.98 Å². The molecule has 0 unspecified atom stereocenters. The van der Waals surface area contributed by atoms with Crippen LogP contribution in [0.3, 0.4) is 0 Å². The highest BCUT2D eigenvalue weighted by Gasteiger charge is 2.16. The van der Waals surface area contributed by atoms with E-state index in [1.807, 2.05) is 19.1 Å². The topological polar surface area (TPSA) is 71.1 Å². The van der Waals surface area contributed by atoms with Crippen molar-refractivity contribution in [2.45, 2.75) is 13.8 Å². The summed E-state index contributed by atoms with van der Waals surface area (Å²) in [5.74, 6) is -0.841. The molecule has 3 rings (SSSR count). The summed E-state index contributed by atoms with van der Waals surface area (Å²) >= 11 is 1.41. The molecule has 7 heteroatoms. The third kappa shape index (κ3) is 4.12. The highest BCUT2D eigenvalue weighted by Crippen LogP contribution is 2.29. The van der Waals surface area contributed by atoms with Gasteiger partial charge in [0.05, 0.1) is 0 Å². The maximum absolute atomic E-state index is 13.0. The molecule has 1 aromatic heterocycles. The summed E-state index contributed by atoms with van der Waals surface area (Å²) in [4.78, 5) is 28.7. The molecule has 2 aromatic carbocycles. The number of aromatic nitrogens is 1. The van der Waals surface area contributed by atoms with E-state index >= 15 is 0 Å². The fourth-order valence-electron chi connectivity index (χ4n) is 2.35. The van der Waals surface area contributed by atoms with Crippen molar-refractivity contribution in [3.05, 3.63) is 64.9 Å². The first-order valence-electron chi connectivity index (χ1n) is 7.85. The maximum Gasteiger partial charge on any atom is 0.275 e. The number of amides is 2. The first-order chi connectivity index (χ1) is 12.4. The van der Waals surface area contributed by atoms with Gasteiger partial charge in [-0.25, -0.2) is 9.37 Å². The van der Waals surface area contributed by atoms with Gasteiger partial charge in [0.25, 0.3) is 5.91 Å². The number of hydrogen-bond donors (Lipinski definition) is 2. The number of carbonyl (C=O) groups is 2. The Labute approximate surface area is 153 Å². The van der Waals surface area contributed by atoms with Crippen LogP contribution in [0.2, 0.25) is 0 Å². The van der Waals surface area contributed by atoms with Gasteiger partial charge in [-0.1, -0.05) is 0 Å². The molecule has 0 saturated carbocycles. The number of rotatable bonds is 4. The largest absolute Gasteiger partial charge is 0.326 e. The predicted molar refractivity (Wildman–Crippen MR) is 101 cm³/mol. The molecule has 1 heterocycles. The van der Waals surface area contributed by atoms with Crippen LogP contribution in [0, 0.1) is 12.7 Å². The van der Waals surface area contributed by atoms with E-state index in [2.05, 4.69) is 15.6 Å². The van der Waals surface area contributed by atoms with Crippen molar-refractivity contribution in [3.63, 3.8) is 0 Å². The van der Waals surface area contributed by atoms with E-state index in [0.717, 1.165) is 10.4 Å². The normalized spacial score (nSPS) is 10.4. The quantitative estimate of drug-likeness (QED) is 0.713. The van der Waals surface area contributed by atoms with E-state index in [4.69, 9.17) is 0 Å². The number of nitrogens with one attached hydrogen (secondary N) is 2. The standard InChI is InChI=1S/C19H16FN3O2S/c1-11-17(18(25)22-16-9-5-14(20)6-10-16)23-19(26-11)13-3-7-15(8-4-13)21-12(2)24/h3-10H,1-2H3,(H,21,24)(H,22,25). The molecule has 5 nitrogen and oxygen atoms in total. The summed E-state index contributed by atoms with van der Waals surface area (Å²) in [6.45, 7) is 3.27. The van der Waals surface area contributed by atoms with Crippen molar-refractivity contribution in [2.24, 2.45) is 0 Å². The Balaban J connectivity index is 1.78. The van der Waals surface area contributed by atoms with Gasteiger partial charge in [-0.15, -0.1) is 11.3 Å². The van der Waals surface area contributed by atoms with Crippen LogP contribution in [0.15, 0.2) is 48.5 Å². The van der Waals surface area contributed by atoms with Gasteiger partial charge in [0.1, 0.15) is 16.5 Å². The van der Waals surface area contributed by atoms with Crippen molar-refractivity contribution >= 4 is 34.5 Å². The Morgan fingerprint density at radius 1 is 0.962 bits per heavy atom. The molecule has 0 saturated heterocycles. The molecule has 132 valence electrons. The van der Waals surface area contributed by atoms with E-state index in [1.54, 1.807) is 12.1 Å². The van der Waals surface area contributed by atoms with Gasteiger partial charge in [-0.3, -0.25) is 9.59 Å². The van der Waals surface area contributed by atoms with Crippen LogP contribution in [-0.2, 0) is 4.79 Å². The van der Waals surface area contributed by atoms with Gasteiger partial charge >= 0.3 is 0 Å². The van der Waals surface area contributed by atoms with Gasteiger partial charge < -0.3 is 10.6 Å². The number of halogens is 1. The van der Waals surface area contributed by atoms with Crippen molar-refractivity contribution < 1.29 is 14.0 Å². The van der Waals surface area contributed by atoms with Gasteiger partial charge in [0, 0.05) is 28.7 Å². The van der Waals surface area contributed by atoms with Crippen molar-refractivity contribution in [3.8, 4) is 10.6 Å². The lowest BCUT2D eigenvalue weighted by Gasteiger charge is -2.04. The molecule has 0 bridgehead atoms. The van der Waals surface area contributed by atoms with E-state index in [1.165, 1.54) is 42.5 Å². The molecule has 2 N–H and O–H groups in total. The number of benzene rings is 2. The summed E-state index contributed by atoms with van der Waals surface area (Å²) in [6, 6.07) is 12.8. The van der Waals surface area contributed by atoms with Crippen molar-refractivity contribution in [2.75, 3.05) is 10.6 Å². The monoisotopic (exact) mass is 369 g/mol. The van der Waals surface area contributed by atoms with Crippen LogP contribution in [0.5, 0.6) is 0 Å². The maximum atomic E-state index is 13.0. The fraction of sp³-hybridized carbons (Fsp3) is 0.105. The lowest BCUT2D eigenvalue weighted by atomic mass is 10.2. The lowest BCUT2D eigenvalue weighted by Crippen LogP contribution is -2.13. The van der Waals surface area contributed by atoms with Gasteiger partial charge in [0.2, 0.25) is 5.91 Å². The summed E-state index contributed by atoms with van der Waals surface area (Å²) in [6.07, 6.45) is 0. The van der Waals surface area contributed by atoms with Crippen molar-refractivity contribution in [1.29, 1.82) is 0 Å². The van der Waals surface area contributed by atoms with Crippen LogP contribution in [0.4, 0.5) is 15.8 Å². The number of aryl methyl sites for hydroxylation is 1. The first-order valence-corrected chi connectivity index (χ1v) is 8.66. The predicted octanol–water partition coefficient (Wildman–Crippen LogP) is 4.47. The summed E-state index contributed by atoms with van der Waals surface area (Å²) < 4.78 is 13.0. The summed E-state index contributed by atoms with van der Waals surface area (Å²) in [5.41, 5.74) is 2.39. The summed E-state index contributed by atoms with van der Waals surface area (Å²) in [5, 5.41) is 6.12. The number of thiazole rings is 1. The van der Waals surface area contributed by atoms with Crippen LogP contribution in [0.25, 0.3) is 10.6 Å². The second-order valence-corrected chi connectivity index (χ2v) is 6.85. The molecule has 0 atom stereocenters. The summed E-state index contributed by atoms with van der Waals surface area (Å²) in [7, 11) is 0. The van der Waals surface area contributed by atoms with Gasteiger partial charge in [-0.2, -0.15) is 0 Å². The minimum atomic E-state index is -0.363. The molecular weight excluding hydrogens is 353 g/mol. The highest BCUT2D eigenvalue weighted by molar-refractivity contribution is 7.15. The third-order valence-electron chi connectivity index (χ3n) is 3.57. The second-order valence-electron chi connectivity index (χ2n) is 5.64. The Hall–Kier alpha value is -3.06. The van der Waals surface area contributed by atoms with Crippen LogP contribution >= 0.6 is 11.3 Å². The fourth-order valence-corrected chi connectivity index (χ4v) is 3.27. The number of carbonyl (C=O) groups excluding carboxylic acids is 2. The lowest BCUT2D eigenvalue weighted by molar-refractivity contribution is -0.114. The molecule has 0 fully saturated rings. The molecule has 0 spiro atoms. The van der Waals surface area contributed by atoms with Crippen LogP contribution in [-0.4, -0.2) is 16.8 Å². The molecule has 26 heavy (non-hydrogen) atoms. The minimum Gasteiger partial charge on any atom is -0.326 e. The Morgan fingerprint density at radius 2 is 1.54 bits per heavy atom. The zero-order valence-corrected chi connectivity index (χ0v) is 15.0. The third-order valence-corrected chi connectivity index (χ3v) is 4.59. The number of hydrogen-bond acceptors (Lipinski definition) is 4. The average molecular weight is 369 g/mol. The Kier molecular flexibility index (Phi) is 5.09. The first kappa shape index (κ1) is 17.8. The molecule has 0 aliphatic carbocycles. The zero-order valence-electron chi connectivity index (χ0n) is 14.2. The zero-order chi connectivity index (χ0) is 18.7. The second kappa shape index (κ2) is 7.45. The molecule has 2 amide bonds. The van der Waals surface area contributed by atoms with Crippen LogP contribution in [0.1, 0.15) is 22.3 Å².